The lowest BCUT2D eigenvalue weighted by atomic mass is 9.90. The van der Waals surface area contributed by atoms with E-state index in [-0.39, 0.29) is 58.7 Å². The first-order valence-corrected chi connectivity index (χ1v) is 15.2. The Morgan fingerprint density at radius 2 is 1.73 bits per heavy atom. The molecule has 1 aliphatic carbocycles. The van der Waals surface area contributed by atoms with Crippen LogP contribution < -0.4 is 15.8 Å². The number of nitrogen functional groups attached to an aromatic ring is 1. The number of carbonyl (C=O) groups excluding carboxylic acids is 3. The van der Waals surface area contributed by atoms with E-state index in [0.717, 1.165) is 0 Å². The van der Waals surface area contributed by atoms with E-state index in [1.165, 1.54) is 24.3 Å². The number of hydrogen-bond acceptors (Lipinski definition) is 10. The van der Waals surface area contributed by atoms with Crippen molar-refractivity contribution in [1.29, 1.82) is 5.41 Å². The summed E-state index contributed by atoms with van der Waals surface area (Å²) in [6, 6.07) is 13.9. The van der Waals surface area contributed by atoms with E-state index in [1.807, 2.05) is 0 Å². The number of nitrogens with one attached hydrogen (secondary N) is 2. The van der Waals surface area contributed by atoms with Crippen LogP contribution in [0.2, 0.25) is 0 Å². The molecule has 228 valence electrons. The Morgan fingerprint density at radius 1 is 1.00 bits per heavy atom. The summed E-state index contributed by atoms with van der Waals surface area (Å²) >= 11 is 0. The van der Waals surface area contributed by atoms with Crippen molar-refractivity contribution >= 4 is 50.4 Å². The van der Waals surface area contributed by atoms with E-state index >= 15 is 0 Å². The van der Waals surface area contributed by atoms with E-state index in [1.54, 1.807) is 30.3 Å². The highest BCUT2D eigenvalue weighted by molar-refractivity contribution is 7.89. The van der Waals surface area contributed by atoms with Crippen molar-refractivity contribution in [1.82, 2.24) is 9.79 Å². The van der Waals surface area contributed by atoms with E-state index in [4.69, 9.17) is 20.4 Å². The number of unbranched alkanes of at least 4 members (excludes halogenated alkanes) is 2. The number of aromatic carboxylic acids is 1. The van der Waals surface area contributed by atoms with Gasteiger partial charge in [-0.05, 0) is 48.7 Å². The Kier molecular flexibility index (Phi) is 8.47. The summed E-state index contributed by atoms with van der Waals surface area (Å²) in [4.78, 5) is 51.7. The zero-order valence-electron chi connectivity index (χ0n) is 23.3. The Bertz CT molecular complexity index is 1940. The summed E-state index contributed by atoms with van der Waals surface area (Å²) < 4.78 is 35.7. The third kappa shape index (κ3) is 6.02. The first-order chi connectivity index (χ1) is 21.0. The fourth-order valence-electron chi connectivity index (χ4n) is 5.05. The average molecular weight is 621 g/mol. The molecule has 0 aromatic heterocycles. The number of benzene rings is 3. The molecule has 5 rings (SSSR count). The minimum absolute atomic E-state index is 0.000814. The quantitative estimate of drug-likeness (QED) is 0.0830. The number of carbonyl (C=O) groups is 4. The van der Waals surface area contributed by atoms with E-state index in [2.05, 4.69) is 4.72 Å². The monoisotopic (exact) mass is 620 g/mol. The minimum Gasteiger partial charge on any atom is -0.478 e. The fraction of sp³-hybridized carbons (Fsp3) is 0.233. The summed E-state index contributed by atoms with van der Waals surface area (Å²) in [5.74, 6) is -2.86. The molecule has 3 aliphatic rings. The molecule has 0 saturated carbocycles. The number of carboxylic acids is 1. The summed E-state index contributed by atoms with van der Waals surface area (Å²) in [5, 5.41) is 18.8. The van der Waals surface area contributed by atoms with Gasteiger partial charge >= 0.3 is 11.9 Å². The number of imide groups is 1. The van der Waals surface area contributed by atoms with E-state index in [0.29, 0.717) is 46.4 Å². The first kappa shape index (κ1) is 30.4. The molecule has 14 heteroatoms. The van der Waals surface area contributed by atoms with Gasteiger partial charge in [-0.25, -0.2) is 22.7 Å². The Hall–Kier alpha value is -5.08. The smallest absolute Gasteiger partial charge is 0.336 e. The zero-order valence-corrected chi connectivity index (χ0v) is 24.1. The molecule has 0 spiro atoms. The van der Waals surface area contributed by atoms with E-state index < -0.39 is 33.8 Å². The fourth-order valence-corrected chi connectivity index (χ4v) is 6.39. The number of hydrogen-bond donors (Lipinski definition) is 4. The molecule has 0 unspecified atom stereocenters. The topological polar surface area (TPSA) is 210 Å². The molecule has 2 aromatic carbocycles. The maximum atomic E-state index is 13.6. The van der Waals surface area contributed by atoms with Crippen LogP contribution in [0, 0.1) is 5.41 Å². The molecule has 5 N–H and O–H groups in total. The SMILES string of the molecule is N=c1ccc2c(-c3ccccc3C(=O)O)c3ccc(N)c(S(=O)(=O)NCCCCCC(=O)ON4C(=O)CCC4=O)c3oc-2c1. The number of rotatable bonds is 11. The van der Waals surface area contributed by atoms with Crippen molar-refractivity contribution in [3.8, 4) is 22.5 Å². The van der Waals surface area contributed by atoms with E-state index in [9.17, 15) is 32.7 Å². The molecular weight excluding hydrogens is 592 g/mol. The molecule has 0 bridgehead atoms. The van der Waals surface area contributed by atoms with Gasteiger partial charge in [0.25, 0.3) is 11.8 Å². The molecule has 1 saturated heterocycles. The Balaban J connectivity index is 1.39. The summed E-state index contributed by atoms with van der Waals surface area (Å²) in [6.07, 6.45) is 1.04. The number of amides is 2. The van der Waals surface area contributed by atoms with Crippen molar-refractivity contribution in [2.45, 2.75) is 43.4 Å². The number of hydroxylamine groups is 2. The van der Waals surface area contributed by atoms with Crippen LogP contribution >= 0.6 is 0 Å². The maximum Gasteiger partial charge on any atom is 0.336 e. The highest BCUT2D eigenvalue weighted by atomic mass is 32.2. The van der Waals surface area contributed by atoms with Gasteiger partial charge in [0, 0.05) is 48.4 Å². The van der Waals surface area contributed by atoms with Gasteiger partial charge in [-0.2, -0.15) is 0 Å². The normalized spacial score (nSPS) is 13.6. The van der Waals surface area contributed by atoms with Crippen LogP contribution in [-0.4, -0.2) is 48.9 Å². The van der Waals surface area contributed by atoms with Crippen molar-refractivity contribution in [3.05, 3.63) is 65.5 Å². The standard InChI is InChI=1S/C30H28N4O9S/c31-17-9-10-20-23(16-17)42-28-21(27(20)18-6-3-4-7-19(18)30(38)39)11-12-22(32)29(28)44(40,41)33-15-5-1-2-8-26(37)43-34-24(35)13-14-25(34)36/h3-4,6-7,9-12,16,31,33H,1-2,5,8,13-15,32H2,(H,38,39). The predicted octanol–water partition coefficient (Wildman–Crippen LogP) is 3.41. The van der Waals surface area contributed by atoms with Crippen LogP contribution in [0.15, 0.2) is 63.9 Å². The molecule has 0 radical (unpaired) electrons. The number of fused-ring (bicyclic) bond motifs is 2. The second kappa shape index (κ2) is 12.3. The highest BCUT2D eigenvalue weighted by Crippen LogP contribution is 2.43. The molecule has 2 amide bonds. The molecule has 2 aromatic rings. The minimum atomic E-state index is -4.26. The van der Waals surface area contributed by atoms with Crippen LogP contribution in [0.25, 0.3) is 33.4 Å². The molecule has 0 atom stereocenters. The number of sulfonamides is 1. The third-order valence-corrected chi connectivity index (χ3v) is 8.66. The molecule has 13 nitrogen and oxygen atoms in total. The predicted molar refractivity (Wildman–Crippen MR) is 156 cm³/mol. The van der Waals surface area contributed by atoms with Crippen LogP contribution in [0.5, 0.6) is 0 Å². The number of carboxylic acid groups (broad SMARTS) is 1. The van der Waals surface area contributed by atoms with Crippen LogP contribution in [-0.2, 0) is 29.2 Å². The van der Waals surface area contributed by atoms with Gasteiger partial charge in [0.15, 0.2) is 5.58 Å². The molecule has 2 heterocycles. The largest absolute Gasteiger partial charge is 0.478 e. The lowest BCUT2D eigenvalue weighted by molar-refractivity contribution is -0.197. The molecule has 2 aliphatic heterocycles. The van der Waals surface area contributed by atoms with Crippen LogP contribution in [0.1, 0.15) is 48.9 Å². The lowest BCUT2D eigenvalue weighted by Crippen LogP contribution is -2.32. The molecular formula is C30H28N4O9S. The summed E-state index contributed by atoms with van der Waals surface area (Å²) in [5.41, 5.74) is 7.21. The van der Waals surface area contributed by atoms with Crippen molar-refractivity contribution in [2.24, 2.45) is 0 Å². The van der Waals surface area contributed by atoms with Gasteiger partial charge in [0.1, 0.15) is 10.7 Å². The van der Waals surface area contributed by atoms with Gasteiger partial charge in [-0.1, -0.05) is 24.6 Å². The second-order valence-corrected chi connectivity index (χ2v) is 11.9. The van der Waals surface area contributed by atoms with Gasteiger partial charge in [0.05, 0.1) is 16.6 Å². The zero-order chi connectivity index (χ0) is 31.6. The third-order valence-electron chi connectivity index (χ3n) is 7.12. The van der Waals surface area contributed by atoms with Crippen LogP contribution in [0.4, 0.5) is 5.69 Å². The van der Waals surface area contributed by atoms with Gasteiger partial charge in [-0.15, -0.1) is 5.06 Å². The summed E-state index contributed by atoms with van der Waals surface area (Å²) in [7, 11) is -4.26. The summed E-state index contributed by atoms with van der Waals surface area (Å²) in [6.45, 7) is -0.00450. The van der Waals surface area contributed by atoms with Gasteiger partial charge in [0.2, 0.25) is 10.0 Å². The van der Waals surface area contributed by atoms with Crippen molar-refractivity contribution in [3.63, 3.8) is 0 Å². The van der Waals surface area contributed by atoms with Gasteiger partial charge < -0.3 is 25.5 Å². The Labute approximate surface area is 251 Å². The number of nitrogens with two attached hydrogens (primary N) is 1. The first-order valence-electron chi connectivity index (χ1n) is 13.7. The van der Waals surface area contributed by atoms with Crippen molar-refractivity contribution < 1.29 is 42.0 Å². The second-order valence-electron chi connectivity index (χ2n) is 10.2. The van der Waals surface area contributed by atoms with Crippen LogP contribution in [0.3, 0.4) is 0 Å². The Morgan fingerprint density at radius 3 is 2.45 bits per heavy atom. The van der Waals surface area contributed by atoms with Gasteiger partial charge in [-0.3, -0.25) is 9.59 Å². The highest BCUT2D eigenvalue weighted by Gasteiger charge is 2.33. The lowest BCUT2D eigenvalue weighted by Gasteiger charge is -2.19. The molecule has 1 fully saturated rings. The number of nitrogens with zero attached hydrogens (tertiary/aromatic N) is 1. The molecule has 44 heavy (non-hydrogen) atoms. The average Bonchev–Trinajstić information content (AvgIpc) is 3.29. The number of anilines is 1. The maximum absolute atomic E-state index is 13.6. The van der Waals surface area contributed by atoms with Crippen molar-refractivity contribution in [2.75, 3.05) is 12.3 Å².